The molecule has 2 heterocycles. The summed E-state index contributed by atoms with van der Waals surface area (Å²) in [6.07, 6.45) is 1.70. The van der Waals surface area contributed by atoms with Crippen LogP contribution < -0.4 is 26.1 Å². The molecule has 0 aliphatic carbocycles. The Bertz CT molecular complexity index is 1940. The van der Waals surface area contributed by atoms with Crippen molar-refractivity contribution in [2.45, 2.75) is 32.9 Å². The quantitative estimate of drug-likeness (QED) is 0.186. The van der Waals surface area contributed by atoms with Crippen LogP contribution in [0.2, 0.25) is 0 Å². The first-order valence-electron chi connectivity index (χ1n) is 14.1. The third-order valence-corrected chi connectivity index (χ3v) is 7.40. The number of fused-ring (bicyclic) bond motifs is 1. The molecule has 4 N–H and O–H groups in total. The average molecular weight is 614 g/mol. The third kappa shape index (κ3) is 6.55. The number of nitrogens with one attached hydrogen (secondary N) is 1. The van der Waals surface area contributed by atoms with Crippen LogP contribution in [0.25, 0.3) is 16.6 Å². The number of methoxy groups -OCH3 is 1. The van der Waals surface area contributed by atoms with E-state index < -0.39 is 29.3 Å². The lowest BCUT2D eigenvalue weighted by molar-refractivity contribution is -0.138. The molecule has 0 unspecified atom stereocenters. The van der Waals surface area contributed by atoms with Crippen molar-refractivity contribution in [3.63, 3.8) is 0 Å². The van der Waals surface area contributed by atoms with Crippen molar-refractivity contribution in [2.75, 3.05) is 12.4 Å². The van der Waals surface area contributed by atoms with Crippen LogP contribution >= 0.6 is 0 Å². The van der Waals surface area contributed by atoms with Gasteiger partial charge in [-0.3, -0.25) is 24.0 Å². The number of pyridine rings is 1. The number of carbonyl (C=O) groups is 2. The number of nitrogens with zero attached hydrogens (tertiary/aromatic N) is 3. The number of hydrogen-bond donors (Lipinski definition) is 3. The van der Waals surface area contributed by atoms with Gasteiger partial charge in [-0.25, -0.2) is 9.07 Å². The summed E-state index contributed by atoms with van der Waals surface area (Å²) in [6.45, 7) is 3.67. The van der Waals surface area contributed by atoms with Crippen LogP contribution in [-0.2, 0) is 11.3 Å². The number of carboxylic acids is 1. The van der Waals surface area contributed by atoms with Crippen LogP contribution in [0.1, 0.15) is 29.4 Å². The highest BCUT2D eigenvalue weighted by Gasteiger charge is 2.26. The zero-order chi connectivity index (χ0) is 32.2. The first-order valence-corrected chi connectivity index (χ1v) is 14.1. The van der Waals surface area contributed by atoms with E-state index in [4.69, 9.17) is 15.2 Å². The van der Waals surface area contributed by atoms with E-state index in [1.54, 1.807) is 79.5 Å². The number of amides is 1. The van der Waals surface area contributed by atoms with Gasteiger partial charge in [-0.2, -0.15) is 0 Å². The summed E-state index contributed by atoms with van der Waals surface area (Å²) in [4.78, 5) is 42.8. The monoisotopic (exact) mass is 613 g/mol. The van der Waals surface area contributed by atoms with Crippen LogP contribution in [-0.4, -0.2) is 44.5 Å². The molecule has 0 bridgehead atoms. The van der Waals surface area contributed by atoms with Gasteiger partial charge in [-0.1, -0.05) is 25.1 Å². The Morgan fingerprint density at radius 1 is 1.07 bits per heavy atom. The fraction of sp³-hybridized carbons (Fsp3) is 0.212. The molecular formula is C33H32FN5O6. The van der Waals surface area contributed by atoms with Gasteiger partial charge in [0.2, 0.25) is 0 Å². The number of nitrogens with two attached hydrogens (primary N) is 1. The average Bonchev–Trinajstić information content (AvgIpc) is 3.26. The number of aromatic nitrogens is 3. The second-order valence-corrected chi connectivity index (χ2v) is 10.7. The lowest BCUT2D eigenvalue weighted by atomic mass is 10.0. The third-order valence-electron chi connectivity index (χ3n) is 7.40. The summed E-state index contributed by atoms with van der Waals surface area (Å²) in [6, 6.07) is 18.5. The van der Waals surface area contributed by atoms with Gasteiger partial charge in [0.25, 0.3) is 11.5 Å². The van der Waals surface area contributed by atoms with E-state index >= 15 is 4.39 Å². The predicted molar refractivity (Wildman–Crippen MR) is 167 cm³/mol. The fourth-order valence-electron chi connectivity index (χ4n) is 5.15. The molecule has 1 amide bonds. The number of ether oxygens (including phenoxy) is 2. The molecule has 0 radical (unpaired) electrons. The molecule has 0 saturated heterocycles. The zero-order valence-corrected chi connectivity index (χ0v) is 24.9. The number of carboxylic acid groups (broad SMARTS) is 1. The van der Waals surface area contributed by atoms with Crippen molar-refractivity contribution in [1.29, 1.82) is 0 Å². The maximum absolute atomic E-state index is 15.2. The van der Waals surface area contributed by atoms with Crippen LogP contribution in [0.4, 0.5) is 10.1 Å². The van der Waals surface area contributed by atoms with E-state index in [0.29, 0.717) is 33.8 Å². The van der Waals surface area contributed by atoms with Gasteiger partial charge in [-0.15, -0.1) is 0 Å². The molecule has 45 heavy (non-hydrogen) atoms. The second kappa shape index (κ2) is 13.0. The minimum atomic E-state index is -1.12. The number of anilines is 1. The number of carbonyl (C=O) groups excluding carboxylic acids is 1. The first-order chi connectivity index (χ1) is 21.6. The van der Waals surface area contributed by atoms with Crippen molar-refractivity contribution >= 4 is 28.5 Å². The summed E-state index contributed by atoms with van der Waals surface area (Å²) in [7, 11) is 1.55. The minimum absolute atomic E-state index is 0.0707. The lowest BCUT2D eigenvalue weighted by Gasteiger charge is -2.19. The summed E-state index contributed by atoms with van der Waals surface area (Å²) in [5.74, 6) is -1.88. The number of rotatable bonds is 11. The lowest BCUT2D eigenvalue weighted by Crippen LogP contribution is -2.33. The molecular weight excluding hydrogens is 581 g/mol. The molecule has 3 aromatic carbocycles. The van der Waals surface area contributed by atoms with Crippen molar-refractivity contribution in [2.24, 2.45) is 11.7 Å². The smallest absolute Gasteiger partial charge is 0.320 e. The molecule has 5 aromatic rings. The second-order valence-electron chi connectivity index (χ2n) is 10.7. The summed E-state index contributed by atoms with van der Waals surface area (Å²) in [5.41, 5.74) is 6.64. The van der Waals surface area contributed by atoms with E-state index in [2.05, 4.69) is 10.3 Å². The highest BCUT2D eigenvalue weighted by molar-refractivity contribution is 6.05. The molecule has 12 heteroatoms. The Morgan fingerprint density at radius 2 is 1.82 bits per heavy atom. The number of halogens is 1. The first kappa shape index (κ1) is 31.0. The molecule has 0 saturated carbocycles. The molecule has 2 atom stereocenters. The number of hydrogen-bond acceptors (Lipinski definition) is 7. The van der Waals surface area contributed by atoms with Crippen LogP contribution in [0, 0.1) is 18.7 Å². The fourth-order valence-corrected chi connectivity index (χ4v) is 5.15. The van der Waals surface area contributed by atoms with Crippen molar-refractivity contribution < 1.29 is 28.6 Å². The molecule has 0 spiro atoms. The van der Waals surface area contributed by atoms with Crippen LogP contribution in [0.3, 0.4) is 0 Å². The van der Waals surface area contributed by atoms with Gasteiger partial charge >= 0.3 is 5.97 Å². The van der Waals surface area contributed by atoms with E-state index in [0.717, 1.165) is 6.07 Å². The molecule has 5 rings (SSSR count). The number of benzene rings is 3. The summed E-state index contributed by atoms with van der Waals surface area (Å²) in [5, 5.41) is 12.5. The molecule has 0 fully saturated rings. The normalized spacial score (nSPS) is 12.5. The molecule has 0 aliphatic heterocycles. The largest absolute Gasteiger partial charge is 0.497 e. The maximum Gasteiger partial charge on any atom is 0.320 e. The zero-order valence-electron chi connectivity index (χ0n) is 24.9. The Balaban J connectivity index is 1.41. The topological polar surface area (TPSA) is 151 Å². The Hall–Kier alpha value is -5.49. The SMILES string of the molecule is COc1ccc2c(Oc3ccc(NC(=O)c4c(C)n(C[C@@H](C)C[C@H](N)C(=O)O)n(-c5ccccc5)c4=O)cc3F)ccnc2c1. The highest BCUT2D eigenvalue weighted by atomic mass is 19.1. The summed E-state index contributed by atoms with van der Waals surface area (Å²) >= 11 is 0. The Morgan fingerprint density at radius 3 is 2.51 bits per heavy atom. The molecule has 11 nitrogen and oxygen atoms in total. The molecule has 2 aromatic heterocycles. The molecule has 232 valence electrons. The van der Waals surface area contributed by atoms with Gasteiger partial charge in [0.1, 0.15) is 23.1 Å². The van der Waals surface area contributed by atoms with Crippen LogP contribution in [0.5, 0.6) is 17.2 Å². The van der Waals surface area contributed by atoms with E-state index in [1.165, 1.54) is 16.8 Å². The van der Waals surface area contributed by atoms with E-state index in [1.807, 2.05) is 6.92 Å². The van der Waals surface area contributed by atoms with Crippen LogP contribution in [0.15, 0.2) is 83.8 Å². The standard InChI is InChI=1S/C33H32FN5O6/c1-19(15-26(35)33(42)43)18-38-20(2)30(32(41)39(38)22-7-5-4-6-8-22)31(40)37-21-9-12-29(25(34)16-21)45-28-13-14-36-27-17-23(44-3)10-11-24(27)28/h4-14,16-17,19,26H,15,18,35H2,1-3H3,(H,37,40)(H,42,43)/t19-,26-/m0/s1. The minimum Gasteiger partial charge on any atom is -0.497 e. The Kier molecular flexibility index (Phi) is 8.96. The van der Waals surface area contributed by atoms with E-state index in [-0.39, 0.29) is 35.9 Å². The number of para-hydroxylation sites is 1. The van der Waals surface area contributed by atoms with Gasteiger partial charge in [-0.05, 0) is 61.7 Å². The maximum atomic E-state index is 15.2. The van der Waals surface area contributed by atoms with Crippen molar-refractivity contribution in [3.05, 3.63) is 106 Å². The van der Waals surface area contributed by atoms with Gasteiger partial charge in [0, 0.05) is 35.9 Å². The summed E-state index contributed by atoms with van der Waals surface area (Å²) < 4.78 is 29.3. The molecule has 0 aliphatic rings. The van der Waals surface area contributed by atoms with Crippen molar-refractivity contribution in [1.82, 2.24) is 14.3 Å². The van der Waals surface area contributed by atoms with E-state index in [9.17, 15) is 19.5 Å². The highest BCUT2D eigenvalue weighted by Crippen LogP contribution is 2.33. The Labute approximate surface area is 257 Å². The van der Waals surface area contributed by atoms with Gasteiger partial charge in [0.05, 0.1) is 24.0 Å². The predicted octanol–water partition coefficient (Wildman–Crippen LogP) is 5.13. The van der Waals surface area contributed by atoms with Crippen molar-refractivity contribution in [3.8, 4) is 22.9 Å². The van der Waals surface area contributed by atoms with Gasteiger partial charge in [0.15, 0.2) is 11.6 Å². The van der Waals surface area contributed by atoms with Gasteiger partial charge < -0.3 is 25.6 Å². The number of aliphatic carboxylic acids is 1.